The molecule has 2 saturated carbocycles. The van der Waals surface area contributed by atoms with Gasteiger partial charge in [-0.25, -0.2) is 9.59 Å². The van der Waals surface area contributed by atoms with Gasteiger partial charge in [-0.1, -0.05) is 38.5 Å². The lowest BCUT2D eigenvalue weighted by Crippen LogP contribution is -2.33. The highest BCUT2D eigenvalue weighted by Gasteiger charge is 2.18. The Morgan fingerprint density at radius 1 is 0.654 bits per heavy atom. The highest BCUT2D eigenvalue weighted by molar-refractivity contribution is 5.93. The molecule has 142 valence electrons. The SMILES string of the molecule is O=C(ONC1CCCCC1)c1ccc(C(=O)ONC2CCCCC2)cc1. The van der Waals surface area contributed by atoms with E-state index in [9.17, 15) is 9.59 Å². The van der Waals surface area contributed by atoms with Crippen molar-refractivity contribution in [3.05, 3.63) is 35.4 Å². The van der Waals surface area contributed by atoms with E-state index in [1.807, 2.05) is 0 Å². The standard InChI is InChI=1S/C20H28N2O4/c23-19(25-21-17-7-3-1-4-8-17)15-11-13-16(14-12-15)20(24)26-22-18-9-5-2-6-10-18/h11-14,17-18,21-22H,1-10H2. The molecule has 1 aromatic rings. The minimum atomic E-state index is -0.434. The Hall–Kier alpha value is -1.92. The summed E-state index contributed by atoms with van der Waals surface area (Å²) in [6.45, 7) is 0. The molecule has 2 aliphatic rings. The van der Waals surface area contributed by atoms with Gasteiger partial charge in [0, 0.05) is 12.1 Å². The highest BCUT2D eigenvalue weighted by atomic mass is 16.7. The Bertz CT molecular complexity index is 537. The van der Waals surface area contributed by atoms with Crippen LogP contribution in [0.15, 0.2) is 24.3 Å². The van der Waals surface area contributed by atoms with Crippen molar-refractivity contribution in [2.45, 2.75) is 76.3 Å². The molecule has 0 heterocycles. The number of benzene rings is 1. The molecule has 0 aliphatic heterocycles. The Labute approximate surface area is 154 Å². The summed E-state index contributed by atoms with van der Waals surface area (Å²) in [6, 6.07) is 6.83. The normalized spacial score (nSPS) is 19.1. The van der Waals surface area contributed by atoms with Crippen molar-refractivity contribution in [2.24, 2.45) is 0 Å². The van der Waals surface area contributed by atoms with E-state index in [1.165, 1.54) is 38.5 Å². The molecule has 1 aromatic carbocycles. The second-order valence-electron chi connectivity index (χ2n) is 7.26. The molecule has 2 fully saturated rings. The van der Waals surface area contributed by atoms with Crippen molar-refractivity contribution < 1.29 is 19.3 Å². The van der Waals surface area contributed by atoms with Crippen LogP contribution in [0, 0.1) is 0 Å². The quantitative estimate of drug-likeness (QED) is 0.754. The van der Waals surface area contributed by atoms with E-state index in [-0.39, 0.29) is 12.1 Å². The third-order valence-electron chi connectivity index (χ3n) is 5.20. The lowest BCUT2D eigenvalue weighted by Gasteiger charge is -2.22. The summed E-state index contributed by atoms with van der Waals surface area (Å²) in [5.41, 5.74) is 6.54. The van der Waals surface area contributed by atoms with Gasteiger partial charge in [-0.2, -0.15) is 0 Å². The fourth-order valence-corrected chi connectivity index (χ4v) is 3.57. The van der Waals surface area contributed by atoms with Crippen LogP contribution in [-0.4, -0.2) is 24.0 Å². The van der Waals surface area contributed by atoms with E-state index in [4.69, 9.17) is 9.68 Å². The summed E-state index contributed by atoms with van der Waals surface area (Å²) in [4.78, 5) is 34.5. The van der Waals surface area contributed by atoms with Crippen molar-refractivity contribution in [1.29, 1.82) is 0 Å². The number of carbonyl (C=O) groups excluding carboxylic acids is 2. The number of hydrogen-bond acceptors (Lipinski definition) is 6. The summed E-state index contributed by atoms with van der Waals surface area (Å²) in [6.07, 6.45) is 11.3. The van der Waals surface area contributed by atoms with Crippen LogP contribution in [0.4, 0.5) is 0 Å². The predicted molar refractivity (Wildman–Crippen MR) is 97.3 cm³/mol. The van der Waals surface area contributed by atoms with Gasteiger partial charge in [-0.15, -0.1) is 11.0 Å². The van der Waals surface area contributed by atoms with Crippen LogP contribution in [0.3, 0.4) is 0 Å². The number of hydroxylamine groups is 2. The molecule has 6 heteroatoms. The molecule has 0 atom stereocenters. The predicted octanol–water partition coefficient (Wildman–Crippen LogP) is 3.67. The van der Waals surface area contributed by atoms with Crippen LogP contribution in [0.5, 0.6) is 0 Å². The van der Waals surface area contributed by atoms with E-state index in [1.54, 1.807) is 24.3 Å². The monoisotopic (exact) mass is 360 g/mol. The molecular weight excluding hydrogens is 332 g/mol. The Balaban J connectivity index is 1.44. The van der Waals surface area contributed by atoms with Crippen LogP contribution >= 0.6 is 0 Å². The first-order valence-electron chi connectivity index (χ1n) is 9.76. The minimum absolute atomic E-state index is 0.243. The first-order chi connectivity index (χ1) is 12.7. The van der Waals surface area contributed by atoms with E-state index < -0.39 is 11.9 Å². The summed E-state index contributed by atoms with van der Waals surface area (Å²) in [5, 5.41) is 0. The summed E-state index contributed by atoms with van der Waals surface area (Å²) >= 11 is 0. The maximum atomic E-state index is 12.1. The van der Waals surface area contributed by atoms with Gasteiger partial charge in [-0.05, 0) is 49.9 Å². The van der Waals surface area contributed by atoms with E-state index in [0.717, 1.165) is 25.7 Å². The number of carbonyl (C=O) groups is 2. The molecule has 26 heavy (non-hydrogen) atoms. The van der Waals surface area contributed by atoms with Gasteiger partial charge in [0.15, 0.2) is 0 Å². The van der Waals surface area contributed by atoms with Gasteiger partial charge < -0.3 is 9.68 Å². The second-order valence-corrected chi connectivity index (χ2v) is 7.26. The molecule has 3 rings (SSSR count). The largest absolute Gasteiger partial charge is 0.366 e. The van der Waals surface area contributed by atoms with E-state index in [0.29, 0.717) is 11.1 Å². The number of nitrogens with one attached hydrogen (secondary N) is 2. The van der Waals surface area contributed by atoms with Crippen molar-refractivity contribution in [3.63, 3.8) is 0 Å². The zero-order chi connectivity index (χ0) is 18.2. The Morgan fingerprint density at radius 3 is 1.35 bits per heavy atom. The van der Waals surface area contributed by atoms with Crippen LogP contribution < -0.4 is 11.0 Å². The maximum absolute atomic E-state index is 12.1. The van der Waals surface area contributed by atoms with Crippen molar-refractivity contribution in [1.82, 2.24) is 11.0 Å². The lowest BCUT2D eigenvalue weighted by molar-refractivity contribution is 0.0101. The van der Waals surface area contributed by atoms with Crippen molar-refractivity contribution >= 4 is 11.9 Å². The van der Waals surface area contributed by atoms with Crippen LogP contribution in [0.25, 0.3) is 0 Å². The molecule has 0 spiro atoms. The molecule has 0 unspecified atom stereocenters. The molecule has 0 radical (unpaired) electrons. The molecular formula is C20H28N2O4. The number of rotatable bonds is 6. The fourth-order valence-electron chi connectivity index (χ4n) is 3.57. The van der Waals surface area contributed by atoms with Gasteiger partial charge in [0.1, 0.15) is 0 Å². The Kier molecular flexibility index (Phi) is 7.03. The molecule has 0 aromatic heterocycles. The van der Waals surface area contributed by atoms with Gasteiger partial charge >= 0.3 is 11.9 Å². The zero-order valence-corrected chi connectivity index (χ0v) is 15.2. The average Bonchev–Trinajstić information content (AvgIpc) is 2.72. The van der Waals surface area contributed by atoms with Gasteiger partial charge in [0.25, 0.3) is 0 Å². The van der Waals surface area contributed by atoms with Gasteiger partial charge in [-0.3, -0.25) is 0 Å². The first-order valence-corrected chi connectivity index (χ1v) is 9.76. The minimum Gasteiger partial charge on any atom is -0.366 e. The van der Waals surface area contributed by atoms with Gasteiger partial charge in [0.2, 0.25) is 0 Å². The third-order valence-corrected chi connectivity index (χ3v) is 5.20. The summed E-state index contributed by atoms with van der Waals surface area (Å²) in [7, 11) is 0. The molecule has 2 N–H and O–H groups in total. The summed E-state index contributed by atoms with van der Waals surface area (Å²) in [5.74, 6) is -0.869. The zero-order valence-electron chi connectivity index (χ0n) is 15.2. The van der Waals surface area contributed by atoms with Crippen LogP contribution in [0.2, 0.25) is 0 Å². The average molecular weight is 360 g/mol. The maximum Gasteiger partial charge on any atom is 0.356 e. The fraction of sp³-hybridized carbons (Fsp3) is 0.600. The highest BCUT2D eigenvalue weighted by Crippen LogP contribution is 2.18. The number of hydrogen-bond donors (Lipinski definition) is 2. The molecule has 6 nitrogen and oxygen atoms in total. The topological polar surface area (TPSA) is 76.7 Å². The first kappa shape index (κ1) is 18.9. The molecule has 0 saturated heterocycles. The molecule has 2 aliphatic carbocycles. The summed E-state index contributed by atoms with van der Waals surface area (Å²) < 4.78 is 0. The van der Waals surface area contributed by atoms with Crippen molar-refractivity contribution in [2.75, 3.05) is 0 Å². The van der Waals surface area contributed by atoms with Crippen molar-refractivity contribution in [3.8, 4) is 0 Å². The molecule has 0 amide bonds. The smallest absolute Gasteiger partial charge is 0.356 e. The third kappa shape index (κ3) is 5.54. The van der Waals surface area contributed by atoms with E-state index in [2.05, 4.69) is 11.0 Å². The van der Waals surface area contributed by atoms with Gasteiger partial charge in [0.05, 0.1) is 11.1 Å². The van der Waals surface area contributed by atoms with Crippen LogP contribution in [0.1, 0.15) is 84.9 Å². The molecule has 0 bridgehead atoms. The second kappa shape index (κ2) is 9.69. The van der Waals surface area contributed by atoms with E-state index >= 15 is 0 Å². The lowest BCUT2D eigenvalue weighted by atomic mass is 9.96. The van der Waals surface area contributed by atoms with Crippen LogP contribution in [-0.2, 0) is 9.68 Å². The Morgan fingerprint density at radius 2 is 1.00 bits per heavy atom.